The van der Waals surface area contributed by atoms with Crippen molar-refractivity contribution < 1.29 is 4.74 Å². The maximum absolute atomic E-state index is 5.59. The maximum atomic E-state index is 5.59. The minimum atomic E-state index is 0.631. The summed E-state index contributed by atoms with van der Waals surface area (Å²) in [5.41, 5.74) is 0. The molecule has 2 atom stereocenters. The van der Waals surface area contributed by atoms with Gasteiger partial charge >= 0.3 is 0 Å². The summed E-state index contributed by atoms with van der Waals surface area (Å²) in [4.78, 5) is 2.55. The van der Waals surface area contributed by atoms with E-state index >= 15 is 0 Å². The summed E-state index contributed by atoms with van der Waals surface area (Å²) in [5.74, 6) is 0. The van der Waals surface area contributed by atoms with Gasteiger partial charge in [0.25, 0.3) is 0 Å². The zero-order valence-electron chi connectivity index (χ0n) is 11.5. The molecule has 1 N–H and O–H groups in total. The van der Waals surface area contributed by atoms with Gasteiger partial charge in [0.2, 0.25) is 0 Å². The van der Waals surface area contributed by atoms with Gasteiger partial charge in [-0.05, 0) is 19.8 Å². The summed E-state index contributed by atoms with van der Waals surface area (Å²) in [5, 5.41) is 3.61. The van der Waals surface area contributed by atoms with E-state index in [1.807, 2.05) is 6.08 Å². The van der Waals surface area contributed by atoms with Crippen molar-refractivity contribution in [1.82, 2.24) is 10.2 Å². The minimum Gasteiger partial charge on any atom is -0.380 e. The molecule has 17 heavy (non-hydrogen) atoms. The lowest BCUT2D eigenvalue weighted by molar-refractivity contribution is 0.0709. The van der Waals surface area contributed by atoms with Gasteiger partial charge in [-0.1, -0.05) is 19.4 Å². The zero-order valence-corrected chi connectivity index (χ0v) is 11.5. The molecule has 100 valence electrons. The molecule has 0 amide bonds. The highest BCUT2D eigenvalue weighted by molar-refractivity contribution is 4.83. The number of hydrogen-bond donors (Lipinski definition) is 1. The van der Waals surface area contributed by atoms with E-state index in [4.69, 9.17) is 4.74 Å². The van der Waals surface area contributed by atoms with Crippen molar-refractivity contribution in [2.24, 2.45) is 0 Å². The molecular weight excluding hydrogens is 212 g/mol. The van der Waals surface area contributed by atoms with Crippen LogP contribution in [0.1, 0.15) is 33.1 Å². The average Bonchev–Trinajstić information content (AvgIpc) is 2.33. The lowest BCUT2D eigenvalue weighted by Crippen LogP contribution is -2.55. The summed E-state index contributed by atoms with van der Waals surface area (Å²) in [7, 11) is 0. The van der Waals surface area contributed by atoms with Gasteiger partial charge < -0.3 is 10.1 Å². The predicted octanol–water partition coefficient (Wildman–Crippen LogP) is 2.04. The third-order valence-corrected chi connectivity index (χ3v) is 3.41. The van der Waals surface area contributed by atoms with Crippen LogP contribution in [-0.4, -0.2) is 49.8 Å². The molecule has 0 aliphatic carbocycles. The Morgan fingerprint density at radius 1 is 1.47 bits per heavy atom. The molecule has 1 rings (SSSR count). The SMILES string of the molecule is C=CCCOCCN1CC(CCC)NCC1C. The molecular formula is C14H28N2O. The van der Waals surface area contributed by atoms with Crippen LogP contribution in [0.2, 0.25) is 0 Å². The molecule has 0 aromatic rings. The first-order valence-electron chi connectivity index (χ1n) is 6.94. The molecule has 1 saturated heterocycles. The van der Waals surface area contributed by atoms with Crippen molar-refractivity contribution in [2.75, 3.05) is 32.8 Å². The fourth-order valence-corrected chi connectivity index (χ4v) is 2.30. The summed E-state index contributed by atoms with van der Waals surface area (Å²) in [6, 6.07) is 1.30. The Kier molecular flexibility index (Phi) is 7.49. The second-order valence-corrected chi connectivity index (χ2v) is 4.93. The monoisotopic (exact) mass is 240 g/mol. The highest BCUT2D eigenvalue weighted by atomic mass is 16.5. The first-order valence-corrected chi connectivity index (χ1v) is 6.94. The summed E-state index contributed by atoms with van der Waals surface area (Å²) in [6.07, 6.45) is 5.40. The quantitative estimate of drug-likeness (QED) is 0.519. The lowest BCUT2D eigenvalue weighted by atomic mass is 10.1. The van der Waals surface area contributed by atoms with Crippen LogP contribution in [0, 0.1) is 0 Å². The lowest BCUT2D eigenvalue weighted by Gasteiger charge is -2.38. The minimum absolute atomic E-state index is 0.631. The third kappa shape index (κ3) is 5.66. The number of nitrogens with zero attached hydrogens (tertiary/aromatic N) is 1. The molecule has 1 aliphatic rings. The smallest absolute Gasteiger partial charge is 0.0593 e. The standard InChI is InChI=1S/C14H28N2O/c1-4-6-9-17-10-8-16-12-14(7-5-2)15-11-13(16)3/h4,13-15H,1,5-12H2,2-3H3. The molecule has 0 saturated carbocycles. The Morgan fingerprint density at radius 3 is 3.00 bits per heavy atom. The number of nitrogens with one attached hydrogen (secondary N) is 1. The largest absolute Gasteiger partial charge is 0.380 e. The van der Waals surface area contributed by atoms with Gasteiger partial charge in [0.15, 0.2) is 0 Å². The van der Waals surface area contributed by atoms with Crippen molar-refractivity contribution in [1.29, 1.82) is 0 Å². The Bertz CT molecular complexity index is 208. The molecule has 0 spiro atoms. The topological polar surface area (TPSA) is 24.5 Å². The van der Waals surface area contributed by atoms with E-state index in [0.717, 1.165) is 32.7 Å². The fraction of sp³-hybridized carbons (Fsp3) is 0.857. The molecule has 1 aliphatic heterocycles. The van der Waals surface area contributed by atoms with Crippen LogP contribution in [0.5, 0.6) is 0 Å². The Balaban J connectivity index is 2.17. The van der Waals surface area contributed by atoms with Gasteiger partial charge in [0, 0.05) is 31.7 Å². The van der Waals surface area contributed by atoms with E-state index in [2.05, 4.69) is 30.6 Å². The number of hydrogen-bond acceptors (Lipinski definition) is 3. The van der Waals surface area contributed by atoms with Gasteiger partial charge in [0.05, 0.1) is 13.2 Å². The highest BCUT2D eigenvalue weighted by Crippen LogP contribution is 2.09. The van der Waals surface area contributed by atoms with E-state index in [-0.39, 0.29) is 0 Å². The van der Waals surface area contributed by atoms with Crippen LogP contribution in [0.3, 0.4) is 0 Å². The van der Waals surface area contributed by atoms with Gasteiger partial charge in [-0.15, -0.1) is 6.58 Å². The fourth-order valence-electron chi connectivity index (χ4n) is 2.30. The van der Waals surface area contributed by atoms with E-state index < -0.39 is 0 Å². The molecule has 3 heteroatoms. The van der Waals surface area contributed by atoms with Crippen molar-refractivity contribution in [3.63, 3.8) is 0 Å². The number of piperazine rings is 1. The van der Waals surface area contributed by atoms with Crippen molar-refractivity contribution in [3.05, 3.63) is 12.7 Å². The molecule has 0 bridgehead atoms. The number of ether oxygens (including phenoxy) is 1. The maximum Gasteiger partial charge on any atom is 0.0593 e. The van der Waals surface area contributed by atoms with Crippen LogP contribution >= 0.6 is 0 Å². The van der Waals surface area contributed by atoms with Crippen LogP contribution in [0.15, 0.2) is 12.7 Å². The first kappa shape index (κ1) is 14.7. The summed E-state index contributed by atoms with van der Waals surface area (Å²) < 4.78 is 5.59. The zero-order chi connectivity index (χ0) is 12.5. The second-order valence-electron chi connectivity index (χ2n) is 4.93. The first-order chi connectivity index (χ1) is 8.27. The number of rotatable bonds is 8. The van der Waals surface area contributed by atoms with Gasteiger partial charge in [-0.25, -0.2) is 0 Å². The van der Waals surface area contributed by atoms with E-state index in [0.29, 0.717) is 12.1 Å². The second kappa shape index (κ2) is 8.67. The van der Waals surface area contributed by atoms with Crippen molar-refractivity contribution >= 4 is 0 Å². The Hall–Kier alpha value is -0.380. The molecule has 1 fully saturated rings. The van der Waals surface area contributed by atoms with Gasteiger partial charge in [0.1, 0.15) is 0 Å². The van der Waals surface area contributed by atoms with E-state index in [1.165, 1.54) is 19.4 Å². The van der Waals surface area contributed by atoms with Gasteiger partial charge in [-0.3, -0.25) is 4.90 Å². The van der Waals surface area contributed by atoms with Gasteiger partial charge in [-0.2, -0.15) is 0 Å². The Morgan fingerprint density at radius 2 is 2.29 bits per heavy atom. The summed E-state index contributed by atoms with van der Waals surface area (Å²) >= 11 is 0. The third-order valence-electron chi connectivity index (χ3n) is 3.41. The van der Waals surface area contributed by atoms with E-state index in [1.54, 1.807) is 0 Å². The highest BCUT2D eigenvalue weighted by Gasteiger charge is 2.23. The average molecular weight is 240 g/mol. The molecule has 2 unspecified atom stereocenters. The van der Waals surface area contributed by atoms with Crippen molar-refractivity contribution in [2.45, 2.75) is 45.2 Å². The van der Waals surface area contributed by atoms with Crippen LogP contribution in [0.25, 0.3) is 0 Å². The van der Waals surface area contributed by atoms with Crippen molar-refractivity contribution in [3.8, 4) is 0 Å². The van der Waals surface area contributed by atoms with Crippen LogP contribution in [0.4, 0.5) is 0 Å². The Labute approximate surface area is 106 Å². The molecule has 0 aromatic heterocycles. The molecule has 3 nitrogen and oxygen atoms in total. The van der Waals surface area contributed by atoms with E-state index in [9.17, 15) is 0 Å². The molecule has 0 radical (unpaired) electrons. The molecule has 1 heterocycles. The normalized spacial score (nSPS) is 26.0. The van der Waals surface area contributed by atoms with Crippen LogP contribution < -0.4 is 5.32 Å². The summed E-state index contributed by atoms with van der Waals surface area (Å²) in [6.45, 7) is 13.2. The molecule has 0 aromatic carbocycles. The predicted molar refractivity (Wildman–Crippen MR) is 73.4 cm³/mol. The van der Waals surface area contributed by atoms with Crippen LogP contribution in [-0.2, 0) is 4.74 Å².